The van der Waals surface area contributed by atoms with Crippen molar-refractivity contribution in [1.82, 2.24) is 10.2 Å². The summed E-state index contributed by atoms with van der Waals surface area (Å²) in [4.78, 5) is 11.6. The lowest BCUT2D eigenvalue weighted by molar-refractivity contribution is -0.126. The zero-order valence-electron chi connectivity index (χ0n) is 21.6. The summed E-state index contributed by atoms with van der Waals surface area (Å²) in [6.07, 6.45) is 1.25. The van der Waals surface area contributed by atoms with E-state index in [1.807, 2.05) is 39.8 Å². The number of hydrogen-bond acceptors (Lipinski definition) is 6. The van der Waals surface area contributed by atoms with Gasteiger partial charge in [0, 0.05) is 21.0 Å². The van der Waals surface area contributed by atoms with Crippen LogP contribution in [0.5, 0.6) is 5.75 Å². The number of phenolic OH excluding ortho intramolecular Hbond substituents is 1. The molecule has 10 heteroatoms. The van der Waals surface area contributed by atoms with Crippen LogP contribution in [0.1, 0.15) is 55.4 Å². The third-order valence-corrected chi connectivity index (χ3v) is 5.47. The first-order valence-electron chi connectivity index (χ1n) is 11.0. The molecule has 2 aromatic rings. The van der Waals surface area contributed by atoms with E-state index in [4.69, 9.17) is 4.42 Å². The number of benzene rings is 1. The molecule has 1 atom stereocenters. The number of carbonyl (C=O) groups excluding carboxylic acids is 1. The van der Waals surface area contributed by atoms with Gasteiger partial charge in [0.1, 0.15) is 17.3 Å². The van der Waals surface area contributed by atoms with Crippen molar-refractivity contribution in [3.05, 3.63) is 46.4 Å². The van der Waals surface area contributed by atoms with Gasteiger partial charge >= 0.3 is 0 Å². The molecule has 0 radical (unpaired) electrons. The third-order valence-electron chi connectivity index (χ3n) is 4.79. The molecule has 1 aromatic heterocycles. The van der Waals surface area contributed by atoms with Crippen LogP contribution < -0.4 is 10.6 Å². The molecule has 188 valence electrons. The van der Waals surface area contributed by atoms with E-state index >= 15 is 0 Å². The standard InChI is InChI=1S/C17H20N4O3S.C4H9NO.C3H8/c1-9-5-6-14(15(22)11(9)3)19-17-16(20-25(23)21-17)18-8-13-7-10(2)12(4)24-13;1-4(6)5(2)3;1-3-2/h5-7,22H,8H2,1-4H3,(H,18,20)(H,19,21);1-3H3;3H2,1-2H3. The molecule has 0 bridgehead atoms. The van der Waals surface area contributed by atoms with Crippen LogP contribution in [0.2, 0.25) is 0 Å². The predicted molar refractivity (Wildman–Crippen MR) is 140 cm³/mol. The summed E-state index contributed by atoms with van der Waals surface area (Å²) in [6, 6.07) is 5.58. The van der Waals surface area contributed by atoms with Crippen molar-refractivity contribution >= 4 is 34.4 Å². The van der Waals surface area contributed by atoms with E-state index < -0.39 is 11.2 Å². The van der Waals surface area contributed by atoms with Gasteiger partial charge in [-0.1, -0.05) is 26.3 Å². The summed E-state index contributed by atoms with van der Waals surface area (Å²) in [6.45, 7) is 13.8. The summed E-state index contributed by atoms with van der Waals surface area (Å²) in [5, 5.41) is 16.3. The highest BCUT2D eigenvalue weighted by Crippen LogP contribution is 2.29. The van der Waals surface area contributed by atoms with E-state index in [1.165, 1.54) is 18.2 Å². The van der Waals surface area contributed by atoms with Gasteiger partial charge in [0.2, 0.25) is 5.91 Å². The van der Waals surface area contributed by atoms with Gasteiger partial charge in [-0.05, 0) is 56.5 Å². The topological polar surface area (TPSA) is 120 Å². The number of nitrogens with one attached hydrogen (secondary N) is 2. The van der Waals surface area contributed by atoms with Gasteiger partial charge in [-0.3, -0.25) is 4.79 Å². The second kappa shape index (κ2) is 13.5. The monoisotopic (exact) mass is 491 g/mol. The lowest BCUT2D eigenvalue weighted by atomic mass is 10.1. The SMILES string of the molecule is CC(=O)N(C)C.CCC.Cc1cc(CNC2=NS(=O)N=C2Nc2ccc(C)c(C)c2O)oc1C. The maximum absolute atomic E-state index is 11.7. The molecule has 1 amide bonds. The number of anilines is 1. The number of amidine groups is 2. The zero-order chi connectivity index (χ0) is 26.0. The smallest absolute Gasteiger partial charge is 0.269 e. The van der Waals surface area contributed by atoms with Crippen LogP contribution in [-0.4, -0.2) is 45.9 Å². The van der Waals surface area contributed by atoms with Crippen LogP contribution in [0.3, 0.4) is 0 Å². The summed E-state index contributed by atoms with van der Waals surface area (Å²) in [5.74, 6) is 2.52. The Hall–Kier alpha value is -3.14. The minimum absolute atomic E-state index is 0.0926. The number of rotatable bonds is 3. The first-order chi connectivity index (χ1) is 15.9. The fourth-order valence-electron chi connectivity index (χ4n) is 2.40. The number of aryl methyl sites for hydroxylation is 3. The second-order valence-corrected chi connectivity index (χ2v) is 8.89. The summed E-state index contributed by atoms with van der Waals surface area (Å²) < 4.78 is 25.2. The van der Waals surface area contributed by atoms with E-state index in [1.54, 1.807) is 20.2 Å². The van der Waals surface area contributed by atoms with Gasteiger partial charge in [-0.25, -0.2) is 4.21 Å². The molecule has 1 aromatic carbocycles. The molecular weight excluding hydrogens is 454 g/mol. The average molecular weight is 492 g/mol. The molecule has 0 saturated heterocycles. The number of amides is 1. The second-order valence-electron chi connectivity index (χ2n) is 8.07. The van der Waals surface area contributed by atoms with Crippen molar-refractivity contribution in [1.29, 1.82) is 0 Å². The van der Waals surface area contributed by atoms with Gasteiger partial charge < -0.3 is 25.1 Å². The number of furan rings is 1. The molecule has 3 N–H and O–H groups in total. The third kappa shape index (κ3) is 8.66. The van der Waals surface area contributed by atoms with E-state index in [9.17, 15) is 14.1 Å². The van der Waals surface area contributed by atoms with Crippen LogP contribution in [-0.2, 0) is 22.5 Å². The minimum Gasteiger partial charge on any atom is -0.505 e. The quantitative estimate of drug-likeness (QED) is 0.550. The van der Waals surface area contributed by atoms with Gasteiger partial charge in [0.15, 0.2) is 11.7 Å². The maximum atomic E-state index is 11.7. The largest absolute Gasteiger partial charge is 0.505 e. The van der Waals surface area contributed by atoms with Crippen LogP contribution in [0.4, 0.5) is 5.69 Å². The number of hydrogen-bond donors (Lipinski definition) is 3. The lowest BCUT2D eigenvalue weighted by Crippen LogP contribution is -2.33. The molecule has 0 fully saturated rings. The van der Waals surface area contributed by atoms with E-state index in [2.05, 4.69) is 33.3 Å². The maximum Gasteiger partial charge on any atom is 0.269 e. The van der Waals surface area contributed by atoms with Gasteiger partial charge in [0.05, 0.1) is 12.2 Å². The Balaban J connectivity index is 0.000000551. The Morgan fingerprint density at radius 3 is 2.15 bits per heavy atom. The molecule has 9 nitrogen and oxygen atoms in total. The average Bonchev–Trinajstić information content (AvgIpc) is 3.28. The molecule has 0 aliphatic carbocycles. The number of nitrogens with zero attached hydrogens (tertiary/aromatic N) is 3. The molecule has 1 unspecified atom stereocenters. The van der Waals surface area contributed by atoms with E-state index in [-0.39, 0.29) is 11.7 Å². The zero-order valence-corrected chi connectivity index (χ0v) is 22.4. The van der Waals surface area contributed by atoms with E-state index in [0.717, 1.165) is 28.2 Å². The molecule has 2 heterocycles. The summed E-state index contributed by atoms with van der Waals surface area (Å²) >= 11 is -1.69. The molecule has 0 spiro atoms. The number of carbonyl (C=O) groups is 1. The van der Waals surface area contributed by atoms with Crippen LogP contribution in [0, 0.1) is 27.7 Å². The fourth-order valence-corrected chi connectivity index (χ4v) is 3.03. The molecular formula is C24H37N5O4S. The molecule has 1 aliphatic heterocycles. The molecule has 3 rings (SSSR count). The normalized spacial score (nSPS) is 14.1. The highest BCUT2D eigenvalue weighted by molar-refractivity contribution is 7.83. The predicted octanol–water partition coefficient (Wildman–Crippen LogP) is 4.32. The first kappa shape index (κ1) is 28.9. The van der Waals surface area contributed by atoms with Gasteiger partial charge in [-0.15, -0.1) is 8.80 Å². The lowest BCUT2D eigenvalue weighted by Gasteiger charge is -2.13. The summed E-state index contributed by atoms with van der Waals surface area (Å²) in [7, 11) is 3.45. The fraction of sp³-hybridized carbons (Fsp3) is 0.458. The Morgan fingerprint density at radius 2 is 1.65 bits per heavy atom. The highest BCUT2D eigenvalue weighted by Gasteiger charge is 2.21. The summed E-state index contributed by atoms with van der Waals surface area (Å²) in [5.41, 5.74) is 3.31. The number of aromatic hydroxyl groups is 1. The van der Waals surface area contributed by atoms with Crippen molar-refractivity contribution in [3.63, 3.8) is 0 Å². The van der Waals surface area contributed by atoms with Gasteiger partial charge in [-0.2, -0.15) is 0 Å². The van der Waals surface area contributed by atoms with E-state index in [0.29, 0.717) is 23.9 Å². The number of phenols is 1. The Kier molecular flexibility index (Phi) is 11.5. The molecule has 1 aliphatic rings. The molecule has 0 saturated carbocycles. The van der Waals surface area contributed by atoms with Crippen LogP contribution in [0.15, 0.2) is 31.4 Å². The highest BCUT2D eigenvalue weighted by atomic mass is 32.2. The Labute approximate surface area is 205 Å². The van der Waals surface area contributed by atoms with Crippen LogP contribution in [0.25, 0.3) is 0 Å². The van der Waals surface area contributed by atoms with Crippen molar-refractivity contribution in [2.45, 2.75) is 61.4 Å². The minimum atomic E-state index is -1.69. The van der Waals surface area contributed by atoms with Crippen molar-refractivity contribution in [2.24, 2.45) is 8.80 Å². The molecule has 34 heavy (non-hydrogen) atoms. The van der Waals surface area contributed by atoms with Crippen molar-refractivity contribution < 1.29 is 18.5 Å². The Morgan fingerprint density at radius 1 is 1.09 bits per heavy atom. The first-order valence-corrected chi connectivity index (χ1v) is 12.1. The Bertz CT molecular complexity index is 1050. The van der Waals surface area contributed by atoms with Crippen LogP contribution >= 0.6 is 0 Å². The van der Waals surface area contributed by atoms with Crippen molar-refractivity contribution in [2.75, 3.05) is 19.4 Å². The van der Waals surface area contributed by atoms with Crippen molar-refractivity contribution in [3.8, 4) is 5.75 Å². The van der Waals surface area contributed by atoms with Gasteiger partial charge in [0.25, 0.3) is 11.2 Å².